The summed E-state index contributed by atoms with van der Waals surface area (Å²) in [6.07, 6.45) is 6.37. The molecule has 0 amide bonds. The predicted octanol–water partition coefficient (Wildman–Crippen LogP) is 4.43. The van der Waals surface area contributed by atoms with E-state index in [-0.39, 0.29) is 15.7 Å². The first kappa shape index (κ1) is 15.6. The summed E-state index contributed by atoms with van der Waals surface area (Å²) < 4.78 is 11.1. The molecule has 0 aliphatic heterocycles. The number of carbonyl (C=O) groups excluding carboxylic acids is 1. The molecule has 2 atom stereocenters. The van der Waals surface area contributed by atoms with Crippen molar-refractivity contribution in [3.63, 3.8) is 0 Å². The second-order valence-corrected chi connectivity index (χ2v) is 9.92. The minimum Gasteiger partial charge on any atom is -0.426 e. The van der Waals surface area contributed by atoms with E-state index in [2.05, 4.69) is 15.9 Å². The van der Waals surface area contributed by atoms with Crippen molar-refractivity contribution < 1.29 is 13.9 Å². The Balaban J connectivity index is 1.44. The van der Waals surface area contributed by atoms with Gasteiger partial charge in [0, 0.05) is 21.8 Å². The largest absolute Gasteiger partial charge is 0.426 e. The molecule has 1 aromatic heterocycles. The van der Waals surface area contributed by atoms with Gasteiger partial charge in [0.2, 0.25) is 0 Å². The molecule has 4 bridgehead atoms. The molecule has 6 rings (SSSR count). The quantitative estimate of drug-likeness (QED) is 0.322. The van der Waals surface area contributed by atoms with Gasteiger partial charge in [0.25, 0.3) is 0 Å². The maximum Gasteiger partial charge on any atom is 0.336 e. The van der Waals surface area contributed by atoms with Crippen LogP contribution in [0.25, 0.3) is 11.0 Å². The third-order valence-corrected chi connectivity index (χ3v) is 7.16. The number of fused-ring (bicyclic) bond motifs is 1. The van der Waals surface area contributed by atoms with Gasteiger partial charge in [-0.2, -0.15) is 0 Å². The van der Waals surface area contributed by atoms with Crippen molar-refractivity contribution in [2.24, 2.45) is 17.3 Å². The summed E-state index contributed by atoms with van der Waals surface area (Å²) in [5, 5.41) is 0.814. The second-order valence-electron chi connectivity index (χ2n) is 8.24. The lowest BCUT2D eigenvalue weighted by Gasteiger charge is -2.58. The lowest BCUT2D eigenvalue weighted by Crippen LogP contribution is -2.56. The Hall–Kier alpha value is -1.62. The summed E-state index contributed by atoms with van der Waals surface area (Å²) in [5.74, 6) is 1.58. The van der Waals surface area contributed by atoms with Crippen LogP contribution in [0.1, 0.15) is 38.5 Å². The zero-order chi connectivity index (χ0) is 17.2. The van der Waals surface area contributed by atoms with Crippen LogP contribution in [0.4, 0.5) is 0 Å². The van der Waals surface area contributed by atoms with Gasteiger partial charge in [-0.05, 0) is 68.6 Å². The van der Waals surface area contributed by atoms with Gasteiger partial charge >= 0.3 is 11.6 Å². The summed E-state index contributed by atoms with van der Waals surface area (Å²) >= 11 is 3.93. The summed E-state index contributed by atoms with van der Waals surface area (Å²) in [7, 11) is 0. The molecule has 1 aromatic carbocycles. The van der Waals surface area contributed by atoms with Crippen molar-refractivity contribution in [1.29, 1.82) is 0 Å². The van der Waals surface area contributed by atoms with Gasteiger partial charge < -0.3 is 9.15 Å². The van der Waals surface area contributed by atoms with E-state index >= 15 is 0 Å². The fourth-order valence-electron chi connectivity index (χ4n) is 5.71. The molecule has 0 radical (unpaired) electrons. The molecule has 0 saturated heterocycles. The van der Waals surface area contributed by atoms with Crippen molar-refractivity contribution in [2.75, 3.05) is 0 Å². The van der Waals surface area contributed by atoms with Gasteiger partial charge in [-0.25, -0.2) is 4.79 Å². The molecule has 130 valence electrons. The average molecular weight is 403 g/mol. The highest BCUT2D eigenvalue weighted by Crippen LogP contribution is 2.64. The van der Waals surface area contributed by atoms with Gasteiger partial charge in [0.1, 0.15) is 11.3 Å². The molecule has 25 heavy (non-hydrogen) atoms. The molecule has 2 unspecified atom stereocenters. The topological polar surface area (TPSA) is 56.5 Å². The van der Waals surface area contributed by atoms with Crippen molar-refractivity contribution >= 4 is 32.9 Å². The van der Waals surface area contributed by atoms with Crippen LogP contribution in [0.2, 0.25) is 0 Å². The standard InChI is InChI=1S/C20H19BrO4/c21-20-9-12-5-13(10-20)8-19(7-12,11-20)18(23)24-15-3-1-14-2-4-17(22)25-16(14)6-15/h1-4,6,12-13H,5,7-11H2. The van der Waals surface area contributed by atoms with Crippen molar-refractivity contribution in [3.8, 4) is 5.75 Å². The van der Waals surface area contributed by atoms with Crippen LogP contribution in [-0.2, 0) is 4.79 Å². The summed E-state index contributed by atoms with van der Waals surface area (Å²) in [6, 6.07) is 8.32. The molecular formula is C20H19BrO4. The van der Waals surface area contributed by atoms with Crippen LogP contribution < -0.4 is 10.4 Å². The van der Waals surface area contributed by atoms with Gasteiger partial charge in [-0.1, -0.05) is 15.9 Å². The fourth-order valence-corrected chi connectivity index (χ4v) is 7.16. The first-order chi connectivity index (χ1) is 11.9. The monoisotopic (exact) mass is 402 g/mol. The molecule has 4 nitrogen and oxygen atoms in total. The summed E-state index contributed by atoms with van der Waals surface area (Å²) in [5.41, 5.74) is -0.321. The van der Waals surface area contributed by atoms with Gasteiger partial charge in [-0.3, -0.25) is 4.79 Å². The van der Waals surface area contributed by atoms with Crippen molar-refractivity contribution in [2.45, 2.75) is 42.8 Å². The first-order valence-electron chi connectivity index (χ1n) is 8.88. The first-order valence-corrected chi connectivity index (χ1v) is 9.68. The van der Waals surface area contributed by atoms with Crippen molar-refractivity contribution in [3.05, 3.63) is 40.8 Å². The molecule has 4 aliphatic carbocycles. The van der Waals surface area contributed by atoms with E-state index in [0.717, 1.165) is 24.6 Å². The molecule has 1 heterocycles. The fraction of sp³-hybridized carbons (Fsp3) is 0.500. The summed E-state index contributed by atoms with van der Waals surface area (Å²) in [6.45, 7) is 0. The number of carbonyl (C=O) groups is 1. The molecular weight excluding hydrogens is 384 g/mol. The zero-order valence-electron chi connectivity index (χ0n) is 13.8. The molecule has 2 aromatic rings. The number of hydrogen-bond donors (Lipinski definition) is 0. The van der Waals surface area contributed by atoms with Gasteiger partial charge in [0.05, 0.1) is 5.41 Å². The number of halogens is 1. The third-order valence-electron chi connectivity index (χ3n) is 6.23. The van der Waals surface area contributed by atoms with E-state index < -0.39 is 5.63 Å². The van der Waals surface area contributed by atoms with E-state index in [0.29, 0.717) is 23.2 Å². The molecule has 4 saturated carbocycles. The Kier molecular flexibility index (Phi) is 3.25. The van der Waals surface area contributed by atoms with Crippen LogP contribution in [0.15, 0.2) is 39.5 Å². The molecule has 0 N–H and O–H groups in total. The Morgan fingerprint density at radius 3 is 2.56 bits per heavy atom. The maximum atomic E-state index is 13.1. The SMILES string of the molecule is O=C(Oc1ccc2ccc(=O)oc2c1)C12CC3CC(CC(Br)(C3)C1)C2. The van der Waals surface area contributed by atoms with E-state index in [1.165, 1.54) is 25.3 Å². The van der Waals surface area contributed by atoms with Crippen LogP contribution in [0, 0.1) is 17.3 Å². The number of ether oxygens (including phenoxy) is 1. The van der Waals surface area contributed by atoms with Crippen LogP contribution >= 0.6 is 15.9 Å². The maximum absolute atomic E-state index is 13.1. The van der Waals surface area contributed by atoms with E-state index in [4.69, 9.17) is 9.15 Å². The molecule has 4 aliphatic rings. The summed E-state index contributed by atoms with van der Waals surface area (Å²) in [4.78, 5) is 24.5. The predicted molar refractivity (Wildman–Crippen MR) is 96.9 cm³/mol. The molecule has 4 fully saturated rings. The van der Waals surface area contributed by atoms with E-state index in [1.54, 1.807) is 18.2 Å². The lowest BCUT2D eigenvalue weighted by molar-refractivity contribution is -0.159. The highest BCUT2D eigenvalue weighted by atomic mass is 79.9. The number of rotatable bonds is 2. The highest BCUT2D eigenvalue weighted by Gasteiger charge is 2.60. The van der Waals surface area contributed by atoms with E-state index in [9.17, 15) is 9.59 Å². The Bertz CT molecular complexity index is 917. The second kappa shape index (κ2) is 5.19. The lowest BCUT2D eigenvalue weighted by atomic mass is 9.49. The third kappa shape index (κ3) is 2.55. The number of benzene rings is 1. The highest BCUT2D eigenvalue weighted by molar-refractivity contribution is 9.10. The van der Waals surface area contributed by atoms with E-state index in [1.807, 2.05) is 6.07 Å². The normalized spacial score (nSPS) is 35.9. The Morgan fingerprint density at radius 1 is 1.12 bits per heavy atom. The smallest absolute Gasteiger partial charge is 0.336 e. The Morgan fingerprint density at radius 2 is 1.84 bits per heavy atom. The average Bonchev–Trinajstić information content (AvgIpc) is 2.52. The molecule has 5 heteroatoms. The number of alkyl halides is 1. The minimum atomic E-state index is -0.404. The van der Waals surface area contributed by atoms with Crippen molar-refractivity contribution in [1.82, 2.24) is 0 Å². The van der Waals surface area contributed by atoms with Crippen LogP contribution in [0.3, 0.4) is 0 Å². The van der Waals surface area contributed by atoms with Gasteiger partial charge in [-0.15, -0.1) is 0 Å². The van der Waals surface area contributed by atoms with Gasteiger partial charge in [0.15, 0.2) is 0 Å². The van der Waals surface area contributed by atoms with Crippen LogP contribution in [-0.4, -0.2) is 10.3 Å². The van der Waals surface area contributed by atoms with Crippen LogP contribution in [0.5, 0.6) is 5.75 Å². The zero-order valence-corrected chi connectivity index (χ0v) is 15.4. The number of hydrogen-bond acceptors (Lipinski definition) is 4. The Labute approximate surface area is 153 Å². The molecule has 0 spiro atoms. The number of esters is 1. The minimum absolute atomic E-state index is 0.117.